The molecule has 0 aliphatic carbocycles. The maximum absolute atomic E-state index is 11.3. The Morgan fingerprint density at radius 2 is 1.71 bits per heavy atom. The molecule has 0 aromatic rings. The molecule has 0 atom stereocenters. The smallest absolute Gasteiger partial charge is 0.254 e. The Labute approximate surface area is 84.6 Å². The van der Waals surface area contributed by atoms with Gasteiger partial charge in [-0.2, -0.15) is 0 Å². The molecule has 14 heavy (non-hydrogen) atoms. The number of unbranched alkanes of at least 4 members (excludes halogenated alkanes) is 2. The molecule has 0 aromatic heterocycles. The fourth-order valence-electron chi connectivity index (χ4n) is 1.10. The van der Waals surface area contributed by atoms with E-state index in [-0.39, 0.29) is 6.42 Å². The van der Waals surface area contributed by atoms with Crippen molar-refractivity contribution in [3.63, 3.8) is 0 Å². The molecular weight excluding hydrogens is 184 g/mol. The lowest BCUT2D eigenvalue weighted by Crippen LogP contribution is -2.31. The molecule has 0 amide bonds. The molecule has 0 unspecified atom stereocenters. The third kappa shape index (κ3) is 4.48. The summed E-state index contributed by atoms with van der Waals surface area (Å²) in [5.41, 5.74) is 0. The first-order valence-electron chi connectivity index (χ1n) is 4.80. The van der Waals surface area contributed by atoms with Crippen molar-refractivity contribution in [3.8, 4) is 0 Å². The van der Waals surface area contributed by atoms with E-state index < -0.39 is 17.9 Å². The zero-order valence-corrected chi connectivity index (χ0v) is 9.04. The van der Waals surface area contributed by atoms with Crippen LogP contribution in [0.5, 0.6) is 0 Å². The van der Waals surface area contributed by atoms with Gasteiger partial charge in [0.05, 0.1) is 0 Å². The minimum absolute atomic E-state index is 0.288. The third-order valence-corrected chi connectivity index (χ3v) is 1.92. The summed E-state index contributed by atoms with van der Waals surface area (Å²) in [4.78, 5) is 22.6. The van der Waals surface area contributed by atoms with Gasteiger partial charge in [-0.25, -0.2) is 0 Å². The van der Waals surface area contributed by atoms with Crippen LogP contribution in [0, 0.1) is 0 Å². The molecule has 0 fully saturated rings. The summed E-state index contributed by atoms with van der Waals surface area (Å²) >= 11 is 0. The van der Waals surface area contributed by atoms with Gasteiger partial charge in [-0.3, -0.25) is 9.59 Å². The van der Waals surface area contributed by atoms with E-state index in [0.717, 1.165) is 19.3 Å². The van der Waals surface area contributed by atoms with Gasteiger partial charge in [-0.1, -0.05) is 19.8 Å². The van der Waals surface area contributed by atoms with Crippen molar-refractivity contribution < 1.29 is 19.1 Å². The first kappa shape index (κ1) is 13.3. The Morgan fingerprint density at radius 3 is 2.14 bits per heavy atom. The summed E-state index contributed by atoms with van der Waals surface area (Å²) in [5.74, 6) is -1.00. The largest absolute Gasteiger partial charge is 0.349 e. The normalized spacial score (nSPS) is 10.6. The molecule has 4 nitrogen and oxygen atoms in total. The summed E-state index contributed by atoms with van der Waals surface area (Å²) < 4.78 is 9.39. The number of ether oxygens (including phenoxy) is 2. The number of hydrogen-bond acceptors (Lipinski definition) is 4. The molecule has 0 N–H and O–H groups in total. The van der Waals surface area contributed by atoms with Crippen LogP contribution < -0.4 is 0 Å². The molecule has 0 aromatic carbocycles. The van der Waals surface area contributed by atoms with Crippen molar-refractivity contribution in [2.45, 2.75) is 38.9 Å². The van der Waals surface area contributed by atoms with Gasteiger partial charge in [-0.05, 0) is 6.42 Å². The Morgan fingerprint density at radius 1 is 1.14 bits per heavy atom. The number of carbonyl (C=O) groups excluding carboxylic acids is 2. The van der Waals surface area contributed by atoms with Crippen molar-refractivity contribution in [2.75, 3.05) is 14.2 Å². The highest BCUT2D eigenvalue weighted by atomic mass is 16.7. The van der Waals surface area contributed by atoms with Crippen LogP contribution in [0.3, 0.4) is 0 Å². The zero-order valence-electron chi connectivity index (χ0n) is 9.04. The Hall–Kier alpha value is -0.740. The van der Waals surface area contributed by atoms with E-state index >= 15 is 0 Å². The van der Waals surface area contributed by atoms with Gasteiger partial charge in [0, 0.05) is 20.6 Å². The summed E-state index contributed by atoms with van der Waals surface area (Å²) in [6.07, 6.45) is 1.99. The second-order valence-electron chi connectivity index (χ2n) is 3.05. The maximum Gasteiger partial charge on any atom is 0.254 e. The molecule has 0 bridgehead atoms. The maximum atomic E-state index is 11.3. The van der Waals surface area contributed by atoms with Crippen LogP contribution >= 0.6 is 0 Å². The van der Waals surface area contributed by atoms with Crippen LogP contribution in [0.2, 0.25) is 0 Å². The van der Waals surface area contributed by atoms with Gasteiger partial charge in [-0.15, -0.1) is 0 Å². The Bertz CT molecular complexity index is 185. The SMILES string of the molecule is CCCCCC(=O)C(=O)C(OC)OC. The molecule has 0 radical (unpaired) electrons. The number of ketones is 2. The summed E-state index contributed by atoms with van der Waals surface area (Å²) in [6, 6.07) is 0. The van der Waals surface area contributed by atoms with Crippen molar-refractivity contribution in [1.82, 2.24) is 0 Å². The first-order chi connectivity index (χ1) is 6.67. The van der Waals surface area contributed by atoms with Gasteiger partial charge in [0.15, 0.2) is 0 Å². The highest BCUT2D eigenvalue weighted by molar-refractivity contribution is 6.38. The zero-order chi connectivity index (χ0) is 11.0. The van der Waals surface area contributed by atoms with Crippen LogP contribution in [0.15, 0.2) is 0 Å². The number of hydrogen-bond donors (Lipinski definition) is 0. The second kappa shape index (κ2) is 7.64. The van der Waals surface area contributed by atoms with E-state index in [1.807, 2.05) is 6.92 Å². The minimum atomic E-state index is -1.04. The Balaban J connectivity index is 3.91. The van der Waals surface area contributed by atoms with Crippen LogP contribution in [0.25, 0.3) is 0 Å². The minimum Gasteiger partial charge on any atom is -0.349 e. The topological polar surface area (TPSA) is 52.6 Å². The predicted molar refractivity (Wildman–Crippen MR) is 52.0 cm³/mol. The van der Waals surface area contributed by atoms with Gasteiger partial charge >= 0.3 is 0 Å². The molecule has 4 heteroatoms. The monoisotopic (exact) mass is 202 g/mol. The lowest BCUT2D eigenvalue weighted by Gasteiger charge is -2.10. The van der Waals surface area contributed by atoms with Gasteiger partial charge in [0.25, 0.3) is 5.78 Å². The molecule has 0 saturated heterocycles. The van der Waals surface area contributed by atoms with E-state index in [1.54, 1.807) is 0 Å². The van der Waals surface area contributed by atoms with E-state index in [9.17, 15) is 9.59 Å². The van der Waals surface area contributed by atoms with Crippen LogP contribution in [-0.2, 0) is 19.1 Å². The quantitative estimate of drug-likeness (QED) is 0.338. The highest BCUT2D eigenvalue weighted by Gasteiger charge is 2.23. The predicted octanol–water partition coefficient (Wildman–Crippen LogP) is 1.32. The molecular formula is C10H18O4. The average molecular weight is 202 g/mol. The number of rotatable bonds is 8. The Kier molecular flexibility index (Phi) is 7.24. The second-order valence-corrected chi connectivity index (χ2v) is 3.05. The van der Waals surface area contributed by atoms with Crippen molar-refractivity contribution in [3.05, 3.63) is 0 Å². The van der Waals surface area contributed by atoms with E-state index in [4.69, 9.17) is 9.47 Å². The van der Waals surface area contributed by atoms with Crippen molar-refractivity contribution in [2.24, 2.45) is 0 Å². The van der Waals surface area contributed by atoms with Crippen molar-refractivity contribution >= 4 is 11.6 Å². The highest BCUT2D eigenvalue weighted by Crippen LogP contribution is 2.03. The summed E-state index contributed by atoms with van der Waals surface area (Å²) in [7, 11) is 2.68. The standard InChI is InChI=1S/C10H18O4/c1-4-5-6-7-8(11)9(12)10(13-2)14-3/h10H,4-7H2,1-3H3. The van der Waals surface area contributed by atoms with E-state index in [2.05, 4.69) is 0 Å². The molecule has 0 aliphatic rings. The van der Waals surface area contributed by atoms with E-state index in [0.29, 0.717) is 0 Å². The van der Waals surface area contributed by atoms with Gasteiger partial charge in [0.2, 0.25) is 12.1 Å². The van der Waals surface area contributed by atoms with Gasteiger partial charge < -0.3 is 9.47 Å². The molecule has 0 heterocycles. The summed E-state index contributed by atoms with van der Waals surface area (Å²) in [6.45, 7) is 2.04. The number of Topliss-reactive ketones (excluding diaryl/α,β-unsaturated/α-hetero) is 2. The molecule has 0 aliphatic heterocycles. The van der Waals surface area contributed by atoms with Crippen LogP contribution in [0.4, 0.5) is 0 Å². The van der Waals surface area contributed by atoms with Gasteiger partial charge in [0.1, 0.15) is 0 Å². The molecule has 0 rings (SSSR count). The average Bonchev–Trinajstić information content (AvgIpc) is 2.19. The van der Waals surface area contributed by atoms with Crippen LogP contribution in [0.1, 0.15) is 32.6 Å². The fourth-order valence-corrected chi connectivity index (χ4v) is 1.10. The number of carbonyl (C=O) groups is 2. The van der Waals surface area contributed by atoms with E-state index in [1.165, 1.54) is 14.2 Å². The third-order valence-electron chi connectivity index (χ3n) is 1.92. The lowest BCUT2D eigenvalue weighted by atomic mass is 10.1. The fraction of sp³-hybridized carbons (Fsp3) is 0.800. The number of methoxy groups -OCH3 is 2. The summed E-state index contributed by atoms with van der Waals surface area (Å²) in [5, 5.41) is 0. The first-order valence-corrected chi connectivity index (χ1v) is 4.80. The molecule has 82 valence electrons. The molecule has 0 saturated carbocycles. The molecule has 0 spiro atoms. The van der Waals surface area contributed by atoms with Crippen molar-refractivity contribution in [1.29, 1.82) is 0 Å². The van der Waals surface area contributed by atoms with Crippen LogP contribution in [-0.4, -0.2) is 32.1 Å². The lowest BCUT2D eigenvalue weighted by molar-refractivity contribution is -0.162.